The number of Topliss-reactive ketones (excluding diaryl/α,β-unsaturated/α-hetero) is 1. The zero-order chi connectivity index (χ0) is 10.1. The fraction of sp³-hybridized carbons (Fsp3) is 0.636. The van der Waals surface area contributed by atoms with Gasteiger partial charge in [-0.3, -0.25) is 9.48 Å². The Labute approximate surface area is 84.1 Å². The number of ketones is 1. The molecule has 2 rings (SSSR count). The van der Waals surface area contributed by atoms with E-state index >= 15 is 0 Å². The molecule has 2 heterocycles. The molecule has 76 valence electrons. The minimum absolute atomic E-state index is 0.158. The Balaban J connectivity index is 2.49. The van der Waals surface area contributed by atoms with E-state index in [0.717, 1.165) is 29.9 Å². The van der Waals surface area contributed by atoms with Crippen LogP contribution in [0.25, 0.3) is 0 Å². The first-order valence-corrected chi connectivity index (χ1v) is 5.27. The molecule has 0 aromatic carbocycles. The van der Waals surface area contributed by atoms with Gasteiger partial charge in [-0.15, -0.1) is 0 Å². The first kappa shape index (κ1) is 9.44. The summed E-state index contributed by atoms with van der Waals surface area (Å²) in [4.78, 5) is 11.5. The van der Waals surface area contributed by atoms with E-state index in [-0.39, 0.29) is 5.78 Å². The molecule has 0 saturated carbocycles. The van der Waals surface area contributed by atoms with Crippen LogP contribution in [0.1, 0.15) is 47.9 Å². The Morgan fingerprint density at radius 2 is 2.14 bits per heavy atom. The molecule has 0 unspecified atom stereocenters. The Bertz CT molecular complexity index is 366. The van der Waals surface area contributed by atoms with E-state index < -0.39 is 0 Å². The highest BCUT2D eigenvalue weighted by Crippen LogP contribution is 2.21. The van der Waals surface area contributed by atoms with Crippen molar-refractivity contribution in [3.05, 3.63) is 17.0 Å². The Morgan fingerprint density at radius 1 is 1.36 bits per heavy atom. The van der Waals surface area contributed by atoms with Crippen LogP contribution in [0.2, 0.25) is 0 Å². The lowest BCUT2D eigenvalue weighted by Crippen LogP contribution is -2.04. The molecule has 3 heteroatoms. The van der Waals surface area contributed by atoms with Crippen LogP contribution in [-0.2, 0) is 13.0 Å². The molecule has 1 aromatic heterocycles. The van der Waals surface area contributed by atoms with E-state index in [1.54, 1.807) is 6.92 Å². The number of carbonyl (C=O) groups excluding carboxylic acids is 1. The van der Waals surface area contributed by atoms with Gasteiger partial charge >= 0.3 is 0 Å². The fourth-order valence-corrected chi connectivity index (χ4v) is 2.26. The summed E-state index contributed by atoms with van der Waals surface area (Å²) in [5, 5.41) is 4.43. The quantitative estimate of drug-likeness (QED) is 0.639. The molecule has 0 fully saturated rings. The maximum absolute atomic E-state index is 11.5. The molecule has 3 nitrogen and oxygen atoms in total. The number of nitrogens with zero attached hydrogens (tertiary/aromatic N) is 2. The van der Waals surface area contributed by atoms with Crippen molar-refractivity contribution in [1.29, 1.82) is 0 Å². The van der Waals surface area contributed by atoms with E-state index in [9.17, 15) is 4.79 Å². The maximum atomic E-state index is 11.5. The summed E-state index contributed by atoms with van der Waals surface area (Å²) in [6.07, 6.45) is 4.63. The van der Waals surface area contributed by atoms with E-state index in [4.69, 9.17) is 0 Å². The number of rotatable bonds is 1. The Kier molecular flexibility index (Phi) is 2.40. The maximum Gasteiger partial charge on any atom is 0.163 e. The lowest BCUT2D eigenvalue weighted by Gasteiger charge is -2.02. The summed E-state index contributed by atoms with van der Waals surface area (Å²) >= 11 is 0. The van der Waals surface area contributed by atoms with Gasteiger partial charge in [-0.2, -0.15) is 5.10 Å². The zero-order valence-corrected chi connectivity index (χ0v) is 8.84. The van der Waals surface area contributed by atoms with E-state index in [1.165, 1.54) is 19.3 Å². The van der Waals surface area contributed by atoms with Crippen molar-refractivity contribution in [3.8, 4) is 0 Å². The van der Waals surface area contributed by atoms with Crippen LogP contribution in [-0.4, -0.2) is 15.6 Å². The average molecular weight is 192 g/mol. The lowest BCUT2D eigenvalue weighted by molar-refractivity contribution is 0.101. The molecular formula is C11H16N2O. The van der Waals surface area contributed by atoms with Crippen LogP contribution in [0.4, 0.5) is 0 Å². The van der Waals surface area contributed by atoms with Gasteiger partial charge in [0.1, 0.15) is 0 Å². The van der Waals surface area contributed by atoms with Crippen molar-refractivity contribution in [3.63, 3.8) is 0 Å². The van der Waals surface area contributed by atoms with Crippen molar-refractivity contribution in [2.75, 3.05) is 0 Å². The normalized spacial score (nSPS) is 16.1. The molecule has 1 aromatic rings. The number of carbonyl (C=O) groups is 1. The lowest BCUT2D eigenvalue weighted by atomic mass is 10.1. The van der Waals surface area contributed by atoms with Gasteiger partial charge in [-0.05, 0) is 33.1 Å². The van der Waals surface area contributed by atoms with Gasteiger partial charge in [0, 0.05) is 12.2 Å². The topological polar surface area (TPSA) is 34.9 Å². The van der Waals surface area contributed by atoms with Gasteiger partial charge in [0.05, 0.1) is 11.3 Å². The monoisotopic (exact) mass is 192 g/mol. The first-order valence-electron chi connectivity index (χ1n) is 5.27. The summed E-state index contributed by atoms with van der Waals surface area (Å²) in [6.45, 7) is 4.54. The Hall–Kier alpha value is -1.12. The van der Waals surface area contributed by atoms with E-state index in [2.05, 4.69) is 5.10 Å². The number of aromatic nitrogens is 2. The smallest absolute Gasteiger partial charge is 0.163 e. The molecule has 1 aliphatic heterocycles. The SMILES string of the molecule is CC(=O)c1c(C)nn2c1CCCCC2. The van der Waals surface area contributed by atoms with Crippen molar-refractivity contribution in [2.45, 2.75) is 46.1 Å². The number of aryl methyl sites for hydroxylation is 2. The molecule has 0 aliphatic carbocycles. The third-order valence-corrected chi connectivity index (χ3v) is 2.87. The molecule has 0 N–H and O–H groups in total. The van der Waals surface area contributed by atoms with Gasteiger partial charge in [0.15, 0.2) is 5.78 Å². The fourth-order valence-electron chi connectivity index (χ4n) is 2.26. The predicted molar refractivity (Wildman–Crippen MR) is 54.5 cm³/mol. The van der Waals surface area contributed by atoms with Gasteiger partial charge < -0.3 is 0 Å². The molecule has 1 aliphatic rings. The van der Waals surface area contributed by atoms with Crippen LogP contribution in [0.3, 0.4) is 0 Å². The average Bonchev–Trinajstić information content (AvgIpc) is 2.31. The van der Waals surface area contributed by atoms with Crippen LogP contribution >= 0.6 is 0 Å². The molecule has 0 saturated heterocycles. The highest BCUT2D eigenvalue weighted by atomic mass is 16.1. The van der Waals surface area contributed by atoms with Crippen LogP contribution in [0.5, 0.6) is 0 Å². The number of hydrogen-bond acceptors (Lipinski definition) is 2. The molecule has 0 radical (unpaired) electrons. The van der Waals surface area contributed by atoms with E-state index in [0.29, 0.717) is 0 Å². The molecule has 0 amide bonds. The summed E-state index contributed by atoms with van der Waals surface area (Å²) in [5.74, 6) is 0.158. The van der Waals surface area contributed by atoms with Gasteiger partial charge in [-0.1, -0.05) is 6.42 Å². The molecule has 0 bridgehead atoms. The minimum atomic E-state index is 0.158. The number of fused-ring (bicyclic) bond motifs is 1. The minimum Gasteiger partial charge on any atom is -0.294 e. The number of hydrogen-bond donors (Lipinski definition) is 0. The van der Waals surface area contributed by atoms with Crippen molar-refractivity contribution in [1.82, 2.24) is 9.78 Å². The van der Waals surface area contributed by atoms with Gasteiger partial charge in [0.2, 0.25) is 0 Å². The highest BCUT2D eigenvalue weighted by molar-refractivity contribution is 5.96. The van der Waals surface area contributed by atoms with Gasteiger partial charge in [0.25, 0.3) is 0 Å². The third kappa shape index (κ3) is 1.47. The summed E-state index contributed by atoms with van der Waals surface area (Å²) in [5.41, 5.74) is 2.92. The molecule has 14 heavy (non-hydrogen) atoms. The second-order valence-corrected chi connectivity index (χ2v) is 4.00. The molecule has 0 atom stereocenters. The molecule has 0 spiro atoms. The Morgan fingerprint density at radius 3 is 2.86 bits per heavy atom. The zero-order valence-electron chi connectivity index (χ0n) is 8.84. The van der Waals surface area contributed by atoms with Crippen LogP contribution in [0, 0.1) is 6.92 Å². The summed E-state index contributed by atoms with van der Waals surface area (Å²) in [7, 11) is 0. The van der Waals surface area contributed by atoms with Crippen LogP contribution in [0.15, 0.2) is 0 Å². The first-order chi connectivity index (χ1) is 6.70. The molecular weight excluding hydrogens is 176 g/mol. The second-order valence-electron chi connectivity index (χ2n) is 4.00. The highest BCUT2D eigenvalue weighted by Gasteiger charge is 2.19. The third-order valence-electron chi connectivity index (χ3n) is 2.87. The predicted octanol–water partition coefficient (Wildman–Crippen LogP) is 2.12. The van der Waals surface area contributed by atoms with Crippen LogP contribution < -0.4 is 0 Å². The standard InChI is InChI=1S/C11H16N2O/c1-8-11(9(2)14)10-6-4-3-5-7-13(10)12-8/h3-7H2,1-2H3. The van der Waals surface area contributed by atoms with Crippen molar-refractivity contribution >= 4 is 5.78 Å². The van der Waals surface area contributed by atoms with Gasteiger partial charge in [-0.25, -0.2) is 0 Å². The second kappa shape index (κ2) is 3.56. The van der Waals surface area contributed by atoms with Crippen molar-refractivity contribution < 1.29 is 4.79 Å². The van der Waals surface area contributed by atoms with E-state index in [1.807, 2.05) is 11.6 Å². The largest absolute Gasteiger partial charge is 0.294 e. The van der Waals surface area contributed by atoms with Crippen molar-refractivity contribution in [2.24, 2.45) is 0 Å². The summed E-state index contributed by atoms with van der Waals surface area (Å²) < 4.78 is 2.03. The summed E-state index contributed by atoms with van der Waals surface area (Å²) in [6, 6.07) is 0.